The average molecular weight is 442 g/mol. The summed E-state index contributed by atoms with van der Waals surface area (Å²) in [5.41, 5.74) is 1.13. The van der Waals surface area contributed by atoms with Crippen LogP contribution in [0.3, 0.4) is 0 Å². The van der Waals surface area contributed by atoms with Crippen molar-refractivity contribution < 1.29 is 4.79 Å². The molecule has 146 valence electrons. The molecule has 0 atom stereocenters. The van der Waals surface area contributed by atoms with Crippen LogP contribution in [0.4, 0.5) is 5.69 Å². The molecule has 0 bridgehead atoms. The van der Waals surface area contributed by atoms with E-state index in [-0.39, 0.29) is 17.2 Å². The molecule has 2 aromatic carbocycles. The number of carbonyl (C=O) groups is 1. The first-order chi connectivity index (χ1) is 14.0. The number of nitrogens with zero attached hydrogens (tertiary/aromatic N) is 2. The van der Waals surface area contributed by atoms with Crippen LogP contribution in [0.15, 0.2) is 70.6 Å². The number of halogens is 1. The normalized spacial score (nSPS) is 11.0. The molecule has 0 spiro atoms. The Hall–Kier alpha value is -2.61. The summed E-state index contributed by atoms with van der Waals surface area (Å²) in [6.45, 7) is 1.95. The van der Waals surface area contributed by atoms with E-state index in [4.69, 9.17) is 11.6 Å². The van der Waals surface area contributed by atoms with Gasteiger partial charge in [-0.1, -0.05) is 53.7 Å². The van der Waals surface area contributed by atoms with Crippen LogP contribution in [0.1, 0.15) is 4.88 Å². The van der Waals surface area contributed by atoms with Crippen LogP contribution in [0.25, 0.3) is 15.9 Å². The molecule has 0 aliphatic heterocycles. The molecule has 4 aromatic rings. The second-order valence-corrected chi connectivity index (χ2v) is 8.85. The predicted octanol–water partition coefficient (Wildman–Crippen LogP) is 5.14. The number of hydrogen-bond donors (Lipinski definition) is 1. The number of fused-ring (bicyclic) bond motifs is 1. The molecular weight excluding hydrogens is 426 g/mol. The maximum atomic E-state index is 13.1. The summed E-state index contributed by atoms with van der Waals surface area (Å²) in [5.74, 6) is -0.125. The maximum absolute atomic E-state index is 13.1. The zero-order chi connectivity index (χ0) is 20.4. The van der Waals surface area contributed by atoms with E-state index in [0.717, 1.165) is 4.88 Å². The lowest BCUT2D eigenvalue weighted by molar-refractivity contribution is -0.113. The Labute approximate surface area is 180 Å². The van der Waals surface area contributed by atoms with E-state index in [2.05, 4.69) is 10.3 Å². The summed E-state index contributed by atoms with van der Waals surface area (Å²) < 4.78 is 1.56. The molecule has 0 radical (unpaired) electrons. The fraction of sp³-hybridized carbons (Fsp3) is 0.0952. The third-order valence-electron chi connectivity index (χ3n) is 4.15. The minimum Gasteiger partial charge on any atom is -0.324 e. The molecule has 0 saturated heterocycles. The number of aryl methyl sites for hydroxylation is 1. The molecule has 0 aliphatic rings. The molecule has 1 amide bonds. The first-order valence-corrected chi connectivity index (χ1v) is 11.0. The molecule has 4 rings (SSSR count). The monoisotopic (exact) mass is 441 g/mol. The van der Waals surface area contributed by atoms with E-state index in [1.54, 1.807) is 28.8 Å². The van der Waals surface area contributed by atoms with Crippen molar-refractivity contribution in [2.75, 3.05) is 11.1 Å². The molecule has 1 N–H and O–H groups in total. The topological polar surface area (TPSA) is 64.0 Å². The molecule has 8 heteroatoms. The van der Waals surface area contributed by atoms with Gasteiger partial charge in [0.05, 0.1) is 27.5 Å². The van der Waals surface area contributed by atoms with Crippen LogP contribution in [0.5, 0.6) is 0 Å². The number of rotatable bonds is 5. The van der Waals surface area contributed by atoms with Gasteiger partial charge in [-0.2, -0.15) is 0 Å². The summed E-state index contributed by atoms with van der Waals surface area (Å²) in [7, 11) is 0. The van der Waals surface area contributed by atoms with Gasteiger partial charge >= 0.3 is 0 Å². The number of hydrogen-bond acceptors (Lipinski definition) is 5. The van der Waals surface area contributed by atoms with Crippen molar-refractivity contribution in [1.82, 2.24) is 9.55 Å². The molecular formula is C21H16ClN3O2S2. The lowest BCUT2D eigenvalue weighted by Gasteiger charge is -2.12. The van der Waals surface area contributed by atoms with Crippen LogP contribution in [-0.2, 0) is 4.79 Å². The van der Waals surface area contributed by atoms with Gasteiger partial charge in [0.25, 0.3) is 5.56 Å². The van der Waals surface area contributed by atoms with Gasteiger partial charge in [-0.3, -0.25) is 14.2 Å². The smallest absolute Gasteiger partial charge is 0.267 e. The number of benzene rings is 2. The van der Waals surface area contributed by atoms with Crippen LogP contribution in [0.2, 0.25) is 5.02 Å². The second-order valence-electron chi connectivity index (χ2n) is 6.26. The highest BCUT2D eigenvalue weighted by Gasteiger charge is 2.16. The zero-order valence-corrected chi connectivity index (χ0v) is 17.8. The summed E-state index contributed by atoms with van der Waals surface area (Å²) in [4.78, 5) is 31.9. The molecule has 29 heavy (non-hydrogen) atoms. The van der Waals surface area contributed by atoms with Crippen LogP contribution < -0.4 is 10.9 Å². The van der Waals surface area contributed by atoms with Gasteiger partial charge in [-0.15, -0.1) is 11.3 Å². The first-order valence-electron chi connectivity index (χ1n) is 8.79. The van der Waals surface area contributed by atoms with E-state index in [0.29, 0.717) is 31.8 Å². The quantitative estimate of drug-likeness (QED) is 0.344. The Morgan fingerprint density at radius 3 is 2.66 bits per heavy atom. The molecule has 0 aliphatic carbocycles. The van der Waals surface area contributed by atoms with E-state index >= 15 is 0 Å². The largest absolute Gasteiger partial charge is 0.324 e. The Balaban J connectivity index is 1.66. The Kier molecular flexibility index (Phi) is 5.71. The Morgan fingerprint density at radius 2 is 1.90 bits per heavy atom. The van der Waals surface area contributed by atoms with Gasteiger partial charge in [0, 0.05) is 4.88 Å². The molecule has 0 fully saturated rings. The average Bonchev–Trinajstić information content (AvgIpc) is 3.09. The Morgan fingerprint density at radius 1 is 1.17 bits per heavy atom. The van der Waals surface area contributed by atoms with Gasteiger partial charge in [-0.25, -0.2) is 4.98 Å². The Bertz CT molecular complexity index is 1250. The first kappa shape index (κ1) is 19.7. The van der Waals surface area contributed by atoms with Crippen LogP contribution in [0, 0.1) is 6.92 Å². The molecule has 0 unspecified atom stereocenters. The van der Waals surface area contributed by atoms with Gasteiger partial charge < -0.3 is 5.32 Å². The van der Waals surface area contributed by atoms with Crippen molar-refractivity contribution in [3.05, 3.63) is 80.9 Å². The van der Waals surface area contributed by atoms with Gasteiger partial charge in [-0.05, 0) is 37.3 Å². The summed E-state index contributed by atoms with van der Waals surface area (Å²) in [6.07, 6.45) is 0. The van der Waals surface area contributed by atoms with Crippen molar-refractivity contribution in [2.45, 2.75) is 12.1 Å². The molecule has 5 nitrogen and oxygen atoms in total. The van der Waals surface area contributed by atoms with E-state index in [1.807, 2.05) is 43.3 Å². The lowest BCUT2D eigenvalue weighted by atomic mass is 10.3. The van der Waals surface area contributed by atoms with Crippen molar-refractivity contribution in [3.8, 4) is 5.69 Å². The minimum absolute atomic E-state index is 0.0976. The van der Waals surface area contributed by atoms with E-state index in [9.17, 15) is 9.59 Å². The van der Waals surface area contributed by atoms with E-state index in [1.165, 1.54) is 23.1 Å². The predicted molar refractivity (Wildman–Crippen MR) is 121 cm³/mol. The van der Waals surface area contributed by atoms with Crippen LogP contribution in [-0.4, -0.2) is 21.2 Å². The number of anilines is 1. The highest BCUT2D eigenvalue weighted by atomic mass is 35.5. The number of carbonyl (C=O) groups excluding carboxylic acids is 1. The van der Waals surface area contributed by atoms with Crippen molar-refractivity contribution in [1.29, 1.82) is 0 Å². The fourth-order valence-corrected chi connectivity index (χ4v) is 4.78. The number of nitrogens with one attached hydrogen (secondary N) is 1. The highest BCUT2D eigenvalue weighted by Crippen LogP contribution is 2.26. The number of amides is 1. The summed E-state index contributed by atoms with van der Waals surface area (Å²) >= 11 is 8.79. The maximum Gasteiger partial charge on any atom is 0.267 e. The second kappa shape index (κ2) is 8.41. The lowest BCUT2D eigenvalue weighted by Crippen LogP contribution is -2.22. The van der Waals surface area contributed by atoms with Crippen molar-refractivity contribution in [3.63, 3.8) is 0 Å². The standard InChI is InChI=1S/C21H16ClN3O2S2/c1-13-11-15-19(29-13)24-21(25(20(15)27)14-7-3-2-4-8-14)28-12-18(26)23-17-10-6-5-9-16(17)22/h2-11H,12H2,1H3,(H,23,26). The SMILES string of the molecule is Cc1cc2c(=O)n(-c3ccccc3)c(SCC(=O)Nc3ccccc3Cl)nc2s1. The number of aromatic nitrogens is 2. The summed E-state index contributed by atoms with van der Waals surface area (Å²) in [6, 6.07) is 18.2. The van der Waals surface area contributed by atoms with Crippen molar-refractivity contribution >= 4 is 56.5 Å². The van der Waals surface area contributed by atoms with Gasteiger partial charge in [0.2, 0.25) is 5.91 Å². The van der Waals surface area contributed by atoms with Gasteiger partial charge in [0.1, 0.15) is 4.83 Å². The third-order valence-corrected chi connectivity index (χ3v) is 6.36. The van der Waals surface area contributed by atoms with Crippen LogP contribution >= 0.6 is 34.7 Å². The molecule has 0 saturated carbocycles. The number of thioether (sulfide) groups is 1. The highest BCUT2D eigenvalue weighted by molar-refractivity contribution is 7.99. The van der Waals surface area contributed by atoms with Gasteiger partial charge in [0.15, 0.2) is 5.16 Å². The zero-order valence-electron chi connectivity index (χ0n) is 15.4. The number of para-hydroxylation sites is 2. The third kappa shape index (κ3) is 4.22. The summed E-state index contributed by atoms with van der Waals surface area (Å²) in [5, 5.41) is 4.33. The molecule has 2 heterocycles. The number of thiophene rings is 1. The molecule has 2 aromatic heterocycles. The minimum atomic E-state index is -0.223. The van der Waals surface area contributed by atoms with E-state index < -0.39 is 0 Å². The fourth-order valence-electron chi connectivity index (χ4n) is 2.86. The van der Waals surface area contributed by atoms with Crippen molar-refractivity contribution in [2.24, 2.45) is 0 Å².